The highest BCUT2D eigenvalue weighted by Gasteiger charge is 2.32. The number of carbonyl (C=O) groups is 1. The second-order valence-corrected chi connectivity index (χ2v) is 6.59. The third-order valence-electron chi connectivity index (χ3n) is 5.11. The van der Waals surface area contributed by atoms with Crippen LogP contribution in [0.3, 0.4) is 0 Å². The van der Waals surface area contributed by atoms with Gasteiger partial charge in [-0.15, -0.1) is 0 Å². The van der Waals surface area contributed by atoms with Gasteiger partial charge in [0.2, 0.25) is 0 Å². The van der Waals surface area contributed by atoms with E-state index < -0.39 is 6.17 Å². The van der Waals surface area contributed by atoms with E-state index in [-0.39, 0.29) is 0 Å². The molecule has 0 bridgehead atoms. The SMILES string of the molecule is O=CC1Nc2ccccc2N1c1ncnc2nn(C3CCCC3)cc12. The summed E-state index contributed by atoms with van der Waals surface area (Å²) in [5.41, 5.74) is 2.54. The predicted molar refractivity (Wildman–Crippen MR) is 94.9 cm³/mol. The Bertz CT molecular complexity index is 946. The van der Waals surface area contributed by atoms with Crippen molar-refractivity contribution in [1.29, 1.82) is 0 Å². The first-order valence-electron chi connectivity index (χ1n) is 8.65. The molecule has 0 radical (unpaired) electrons. The van der Waals surface area contributed by atoms with Crippen molar-refractivity contribution < 1.29 is 4.79 Å². The molecule has 25 heavy (non-hydrogen) atoms. The van der Waals surface area contributed by atoms with Crippen LogP contribution in [0.4, 0.5) is 17.2 Å². The standard InChI is InChI=1S/C18H18N6O/c25-10-16-21-14-7-3-4-8-15(14)24(16)18-13-9-23(12-5-1-2-6-12)22-17(13)19-11-20-18/h3-4,7-12,16,21H,1-2,5-6H2. The molecule has 1 fully saturated rings. The number of anilines is 3. The summed E-state index contributed by atoms with van der Waals surface area (Å²) >= 11 is 0. The smallest absolute Gasteiger partial charge is 0.186 e. The molecule has 7 nitrogen and oxygen atoms in total. The zero-order valence-corrected chi connectivity index (χ0v) is 13.7. The van der Waals surface area contributed by atoms with Crippen LogP contribution in [0, 0.1) is 0 Å². The summed E-state index contributed by atoms with van der Waals surface area (Å²) < 4.78 is 2.03. The van der Waals surface area contributed by atoms with Gasteiger partial charge in [0.1, 0.15) is 12.1 Å². The van der Waals surface area contributed by atoms with Crippen molar-refractivity contribution in [2.75, 3.05) is 10.2 Å². The van der Waals surface area contributed by atoms with Gasteiger partial charge in [0.15, 0.2) is 18.1 Å². The van der Waals surface area contributed by atoms with Crippen molar-refractivity contribution in [3.8, 4) is 0 Å². The normalized spacial score (nSPS) is 20.0. The first-order chi connectivity index (χ1) is 12.3. The molecule has 2 aliphatic rings. The molecule has 1 saturated carbocycles. The number of aldehydes is 1. The molecule has 0 spiro atoms. The summed E-state index contributed by atoms with van der Waals surface area (Å²) in [5.74, 6) is 0.712. The lowest BCUT2D eigenvalue weighted by Crippen LogP contribution is -2.33. The maximum absolute atomic E-state index is 11.6. The Kier molecular flexibility index (Phi) is 3.19. The minimum absolute atomic E-state index is 0.438. The van der Waals surface area contributed by atoms with E-state index in [0.29, 0.717) is 17.5 Å². The number of carbonyl (C=O) groups excluding carboxylic acids is 1. The molecular weight excluding hydrogens is 316 g/mol. The second-order valence-electron chi connectivity index (χ2n) is 6.59. The quantitative estimate of drug-likeness (QED) is 0.742. The fraction of sp³-hybridized carbons (Fsp3) is 0.333. The first kappa shape index (κ1) is 14.4. The van der Waals surface area contributed by atoms with Gasteiger partial charge in [-0.1, -0.05) is 25.0 Å². The molecule has 1 aliphatic carbocycles. The maximum Gasteiger partial charge on any atom is 0.186 e. The molecule has 7 heteroatoms. The van der Waals surface area contributed by atoms with Crippen molar-refractivity contribution in [2.24, 2.45) is 0 Å². The summed E-state index contributed by atoms with van der Waals surface area (Å²) in [5, 5.41) is 8.77. The van der Waals surface area contributed by atoms with Gasteiger partial charge in [-0.25, -0.2) is 9.97 Å². The van der Waals surface area contributed by atoms with E-state index in [4.69, 9.17) is 0 Å². The van der Waals surface area contributed by atoms with Crippen LogP contribution in [0.25, 0.3) is 11.0 Å². The third-order valence-corrected chi connectivity index (χ3v) is 5.11. The molecular formula is C18H18N6O. The Morgan fingerprint density at radius 3 is 2.84 bits per heavy atom. The Labute approximate surface area is 144 Å². The number of fused-ring (bicyclic) bond motifs is 2. The van der Waals surface area contributed by atoms with E-state index in [1.807, 2.05) is 40.0 Å². The molecule has 3 heterocycles. The van der Waals surface area contributed by atoms with Crippen molar-refractivity contribution in [1.82, 2.24) is 19.7 Å². The number of para-hydroxylation sites is 2. The fourth-order valence-corrected chi connectivity index (χ4v) is 3.91. The molecule has 5 rings (SSSR count). The van der Waals surface area contributed by atoms with Crippen LogP contribution in [-0.4, -0.2) is 32.2 Å². The lowest BCUT2D eigenvalue weighted by atomic mass is 10.2. The highest BCUT2D eigenvalue weighted by molar-refractivity contribution is 5.96. The van der Waals surface area contributed by atoms with Crippen LogP contribution in [0.15, 0.2) is 36.8 Å². The molecule has 1 N–H and O–H groups in total. The van der Waals surface area contributed by atoms with Gasteiger partial charge in [0.05, 0.1) is 22.8 Å². The summed E-state index contributed by atoms with van der Waals surface area (Å²) in [4.78, 5) is 22.4. The molecule has 0 saturated heterocycles. The van der Waals surface area contributed by atoms with Crippen LogP contribution in [-0.2, 0) is 4.79 Å². The molecule has 126 valence electrons. The van der Waals surface area contributed by atoms with Crippen molar-refractivity contribution >= 4 is 34.5 Å². The van der Waals surface area contributed by atoms with Gasteiger partial charge in [0, 0.05) is 6.20 Å². The number of nitrogens with one attached hydrogen (secondary N) is 1. The molecule has 2 aromatic heterocycles. The van der Waals surface area contributed by atoms with Gasteiger partial charge in [-0.05, 0) is 25.0 Å². The monoisotopic (exact) mass is 334 g/mol. The summed E-state index contributed by atoms with van der Waals surface area (Å²) in [7, 11) is 0. The van der Waals surface area contributed by atoms with Crippen molar-refractivity contribution in [2.45, 2.75) is 37.9 Å². The molecule has 0 amide bonds. The molecule has 1 aliphatic heterocycles. The average molecular weight is 334 g/mol. The highest BCUT2D eigenvalue weighted by Crippen LogP contribution is 2.41. The third kappa shape index (κ3) is 2.19. The largest absolute Gasteiger partial charge is 0.357 e. The zero-order chi connectivity index (χ0) is 16.8. The van der Waals surface area contributed by atoms with Crippen molar-refractivity contribution in [3.63, 3.8) is 0 Å². The number of rotatable bonds is 3. The van der Waals surface area contributed by atoms with Crippen LogP contribution < -0.4 is 10.2 Å². The van der Waals surface area contributed by atoms with Gasteiger partial charge in [-0.3, -0.25) is 14.4 Å². The minimum atomic E-state index is -0.481. The zero-order valence-electron chi connectivity index (χ0n) is 13.7. The van der Waals surface area contributed by atoms with E-state index >= 15 is 0 Å². The maximum atomic E-state index is 11.6. The van der Waals surface area contributed by atoms with Gasteiger partial charge < -0.3 is 5.32 Å². The van der Waals surface area contributed by atoms with Crippen molar-refractivity contribution in [3.05, 3.63) is 36.8 Å². The lowest BCUT2D eigenvalue weighted by Gasteiger charge is -2.21. The van der Waals surface area contributed by atoms with E-state index in [1.165, 1.54) is 19.2 Å². The number of aromatic nitrogens is 4. The Morgan fingerprint density at radius 2 is 2.00 bits per heavy atom. The van der Waals surface area contributed by atoms with E-state index in [0.717, 1.165) is 35.9 Å². The molecule has 1 unspecified atom stereocenters. The van der Waals surface area contributed by atoms with E-state index in [2.05, 4.69) is 20.4 Å². The Balaban J connectivity index is 1.65. The summed E-state index contributed by atoms with van der Waals surface area (Å²) in [6.07, 6.45) is 8.77. The summed E-state index contributed by atoms with van der Waals surface area (Å²) in [6.45, 7) is 0. The summed E-state index contributed by atoms with van der Waals surface area (Å²) in [6, 6.07) is 8.30. The number of hydrogen-bond acceptors (Lipinski definition) is 6. The number of nitrogens with zero attached hydrogens (tertiary/aromatic N) is 5. The fourth-order valence-electron chi connectivity index (χ4n) is 3.91. The van der Waals surface area contributed by atoms with Gasteiger partial charge in [0.25, 0.3) is 0 Å². The Morgan fingerprint density at radius 1 is 1.16 bits per heavy atom. The minimum Gasteiger partial charge on any atom is -0.357 e. The van der Waals surface area contributed by atoms with E-state index in [1.54, 1.807) is 0 Å². The second kappa shape index (κ2) is 5.54. The highest BCUT2D eigenvalue weighted by atomic mass is 16.1. The van der Waals surface area contributed by atoms with Crippen LogP contribution in [0.1, 0.15) is 31.7 Å². The lowest BCUT2D eigenvalue weighted by molar-refractivity contribution is -0.108. The van der Waals surface area contributed by atoms with Crippen LogP contribution in [0.2, 0.25) is 0 Å². The predicted octanol–water partition coefficient (Wildman–Crippen LogP) is 3.03. The van der Waals surface area contributed by atoms with Gasteiger partial charge >= 0.3 is 0 Å². The Hall–Kier alpha value is -2.96. The van der Waals surface area contributed by atoms with E-state index in [9.17, 15) is 4.79 Å². The molecule has 1 aromatic carbocycles. The number of benzene rings is 1. The average Bonchev–Trinajstić information content (AvgIpc) is 3.37. The number of hydrogen-bond donors (Lipinski definition) is 1. The van der Waals surface area contributed by atoms with Crippen LogP contribution >= 0.6 is 0 Å². The topological polar surface area (TPSA) is 75.9 Å². The molecule has 3 aromatic rings. The van der Waals surface area contributed by atoms with Crippen LogP contribution in [0.5, 0.6) is 0 Å². The first-order valence-corrected chi connectivity index (χ1v) is 8.65. The molecule has 1 atom stereocenters. The van der Waals surface area contributed by atoms with Gasteiger partial charge in [-0.2, -0.15) is 5.10 Å².